The van der Waals surface area contributed by atoms with E-state index in [2.05, 4.69) is 10.1 Å². The lowest BCUT2D eigenvalue weighted by Gasteiger charge is -1.99. The van der Waals surface area contributed by atoms with Crippen molar-refractivity contribution in [2.75, 3.05) is 5.73 Å². The molecule has 0 bridgehead atoms. The van der Waals surface area contributed by atoms with Crippen LogP contribution in [0.25, 0.3) is 16.8 Å². The van der Waals surface area contributed by atoms with Crippen LogP contribution in [0.5, 0.6) is 0 Å². The number of anilines is 1. The molecule has 0 fully saturated rings. The maximum Gasteiger partial charge on any atom is 0.0828 e. The third-order valence-corrected chi connectivity index (χ3v) is 2.74. The van der Waals surface area contributed by atoms with Gasteiger partial charge in [0.25, 0.3) is 0 Å². The van der Waals surface area contributed by atoms with Gasteiger partial charge < -0.3 is 5.73 Å². The first-order chi connectivity index (χ1) is 8.83. The van der Waals surface area contributed by atoms with E-state index in [1.807, 2.05) is 48.8 Å². The summed E-state index contributed by atoms with van der Waals surface area (Å²) >= 11 is 0. The summed E-state index contributed by atoms with van der Waals surface area (Å²) in [5.41, 5.74) is 9.53. The Morgan fingerprint density at radius 2 is 1.78 bits per heavy atom. The second kappa shape index (κ2) is 4.33. The van der Waals surface area contributed by atoms with Crippen LogP contribution in [-0.4, -0.2) is 14.8 Å². The van der Waals surface area contributed by atoms with Crippen LogP contribution in [0.1, 0.15) is 0 Å². The van der Waals surface area contributed by atoms with Gasteiger partial charge in [0.2, 0.25) is 0 Å². The number of nitrogens with zero attached hydrogens (tertiary/aromatic N) is 3. The molecule has 2 aromatic heterocycles. The minimum absolute atomic E-state index is 0.762. The number of rotatable bonds is 2. The van der Waals surface area contributed by atoms with Gasteiger partial charge in [-0.25, -0.2) is 4.68 Å². The van der Waals surface area contributed by atoms with Crippen LogP contribution in [0.15, 0.2) is 61.2 Å². The Labute approximate surface area is 105 Å². The molecule has 4 nitrogen and oxygen atoms in total. The van der Waals surface area contributed by atoms with Crippen molar-refractivity contribution in [1.29, 1.82) is 0 Å². The molecule has 0 spiro atoms. The standard InChI is InChI=1S/C14H12N4/c15-13-5-3-11(4-6-13)12-8-17-18(10-12)14-2-1-7-16-9-14/h1-10H,15H2. The van der Waals surface area contributed by atoms with Gasteiger partial charge in [0, 0.05) is 23.6 Å². The molecule has 0 saturated heterocycles. The summed E-state index contributed by atoms with van der Waals surface area (Å²) in [7, 11) is 0. The van der Waals surface area contributed by atoms with Gasteiger partial charge in [-0.15, -0.1) is 0 Å². The van der Waals surface area contributed by atoms with E-state index in [1.165, 1.54) is 0 Å². The molecule has 0 aliphatic heterocycles. The highest BCUT2D eigenvalue weighted by Gasteiger charge is 2.02. The molecule has 0 radical (unpaired) electrons. The Hall–Kier alpha value is -2.62. The van der Waals surface area contributed by atoms with Crippen molar-refractivity contribution in [2.24, 2.45) is 0 Å². The third-order valence-electron chi connectivity index (χ3n) is 2.74. The van der Waals surface area contributed by atoms with Gasteiger partial charge in [-0.2, -0.15) is 5.10 Å². The fraction of sp³-hybridized carbons (Fsp3) is 0. The maximum atomic E-state index is 5.67. The molecule has 3 rings (SSSR count). The van der Waals surface area contributed by atoms with Gasteiger partial charge in [-0.1, -0.05) is 12.1 Å². The van der Waals surface area contributed by atoms with E-state index in [-0.39, 0.29) is 0 Å². The summed E-state index contributed by atoms with van der Waals surface area (Å²) in [5.74, 6) is 0. The molecule has 0 aliphatic carbocycles. The summed E-state index contributed by atoms with van der Waals surface area (Å²) in [6, 6.07) is 11.6. The highest BCUT2D eigenvalue weighted by Crippen LogP contribution is 2.20. The van der Waals surface area contributed by atoms with E-state index in [0.717, 1.165) is 22.5 Å². The normalized spacial score (nSPS) is 10.4. The zero-order valence-corrected chi connectivity index (χ0v) is 9.69. The molecule has 0 aliphatic rings. The van der Waals surface area contributed by atoms with Crippen molar-refractivity contribution < 1.29 is 0 Å². The van der Waals surface area contributed by atoms with E-state index in [0.29, 0.717) is 0 Å². The Kier molecular flexibility index (Phi) is 2.53. The number of benzene rings is 1. The topological polar surface area (TPSA) is 56.7 Å². The zero-order valence-electron chi connectivity index (χ0n) is 9.69. The molecule has 0 amide bonds. The molecular weight excluding hydrogens is 224 g/mol. The summed E-state index contributed by atoms with van der Waals surface area (Å²) in [6.45, 7) is 0. The van der Waals surface area contributed by atoms with E-state index in [4.69, 9.17) is 5.73 Å². The Morgan fingerprint density at radius 1 is 0.944 bits per heavy atom. The summed E-state index contributed by atoms with van der Waals surface area (Å²) in [5, 5.41) is 4.33. The van der Waals surface area contributed by atoms with Crippen molar-refractivity contribution in [3.05, 3.63) is 61.2 Å². The van der Waals surface area contributed by atoms with Crippen molar-refractivity contribution >= 4 is 5.69 Å². The lowest BCUT2D eigenvalue weighted by Crippen LogP contribution is -1.93. The average Bonchev–Trinajstić information content (AvgIpc) is 2.90. The highest BCUT2D eigenvalue weighted by atomic mass is 15.3. The van der Waals surface area contributed by atoms with Crippen LogP contribution < -0.4 is 5.73 Å². The van der Waals surface area contributed by atoms with Crippen molar-refractivity contribution in [1.82, 2.24) is 14.8 Å². The molecular formula is C14H12N4. The fourth-order valence-electron chi connectivity index (χ4n) is 1.78. The molecule has 4 heteroatoms. The Bertz CT molecular complexity index is 641. The van der Waals surface area contributed by atoms with Gasteiger partial charge in [0.05, 0.1) is 18.1 Å². The van der Waals surface area contributed by atoms with Crippen molar-refractivity contribution in [3.63, 3.8) is 0 Å². The first-order valence-corrected chi connectivity index (χ1v) is 5.64. The average molecular weight is 236 g/mol. The van der Waals surface area contributed by atoms with Crippen LogP contribution in [0.2, 0.25) is 0 Å². The molecule has 18 heavy (non-hydrogen) atoms. The molecule has 0 atom stereocenters. The van der Waals surface area contributed by atoms with Crippen LogP contribution in [0.4, 0.5) is 5.69 Å². The SMILES string of the molecule is Nc1ccc(-c2cnn(-c3cccnc3)c2)cc1. The van der Waals surface area contributed by atoms with Crippen LogP contribution in [0, 0.1) is 0 Å². The third kappa shape index (κ3) is 1.96. The van der Waals surface area contributed by atoms with Gasteiger partial charge >= 0.3 is 0 Å². The van der Waals surface area contributed by atoms with E-state index in [1.54, 1.807) is 17.1 Å². The van der Waals surface area contributed by atoms with Crippen LogP contribution in [-0.2, 0) is 0 Å². The number of pyridine rings is 1. The minimum Gasteiger partial charge on any atom is -0.399 e. The second-order valence-corrected chi connectivity index (χ2v) is 4.01. The lowest BCUT2D eigenvalue weighted by molar-refractivity contribution is 0.874. The molecule has 0 saturated carbocycles. The summed E-state index contributed by atoms with van der Waals surface area (Å²) in [6.07, 6.45) is 7.33. The van der Waals surface area contributed by atoms with Gasteiger partial charge in [0.15, 0.2) is 0 Å². The van der Waals surface area contributed by atoms with Crippen molar-refractivity contribution in [2.45, 2.75) is 0 Å². The number of nitrogen functional groups attached to an aromatic ring is 1. The minimum atomic E-state index is 0.762. The highest BCUT2D eigenvalue weighted by molar-refractivity contribution is 5.64. The summed E-state index contributed by atoms with van der Waals surface area (Å²) in [4.78, 5) is 4.08. The smallest absolute Gasteiger partial charge is 0.0828 e. The van der Waals surface area contributed by atoms with Gasteiger partial charge in [0.1, 0.15) is 0 Å². The lowest BCUT2D eigenvalue weighted by atomic mass is 10.1. The predicted octanol–water partition coefficient (Wildman–Crippen LogP) is 2.52. The zero-order chi connectivity index (χ0) is 12.4. The Morgan fingerprint density at radius 3 is 2.50 bits per heavy atom. The molecule has 1 aromatic carbocycles. The predicted molar refractivity (Wildman–Crippen MR) is 71.2 cm³/mol. The van der Waals surface area contributed by atoms with E-state index in [9.17, 15) is 0 Å². The second-order valence-electron chi connectivity index (χ2n) is 4.01. The molecule has 2 N–H and O–H groups in total. The maximum absolute atomic E-state index is 5.67. The quantitative estimate of drug-likeness (QED) is 0.695. The number of aromatic nitrogens is 3. The monoisotopic (exact) mass is 236 g/mol. The largest absolute Gasteiger partial charge is 0.399 e. The summed E-state index contributed by atoms with van der Waals surface area (Å²) < 4.78 is 1.80. The molecule has 3 aromatic rings. The van der Waals surface area contributed by atoms with Gasteiger partial charge in [-0.05, 0) is 29.8 Å². The molecule has 88 valence electrons. The Balaban J connectivity index is 1.97. The number of hydrogen-bond acceptors (Lipinski definition) is 3. The molecule has 2 heterocycles. The van der Waals surface area contributed by atoms with Crippen molar-refractivity contribution in [3.8, 4) is 16.8 Å². The van der Waals surface area contributed by atoms with Gasteiger partial charge in [-0.3, -0.25) is 4.98 Å². The number of nitrogens with two attached hydrogens (primary N) is 1. The first-order valence-electron chi connectivity index (χ1n) is 5.64. The van der Waals surface area contributed by atoms with Crippen LogP contribution in [0.3, 0.4) is 0 Å². The number of hydrogen-bond donors (Lipinski definition) is 1. The van der Waals surface area contributed by atoms with Crippen LogP contribution >= 0.6 is 0 Å². The molecule has 0 unspecified atom stereocenters. The van der Waals surface area contributed by atoms with E-state index < -0.39 is 0 Å². The van der Waals surface area contributed by atoms with E-state index >= 15 is 0 Å². The first kappa shape index (κ1) is 10.5. The fourth-order valence-corrected chi connectivity index (χ4v) is 1.78.